The Morgan fingerprint density at radius 2 is 1.79 bits per heavy atom. The van der Waals surface area contributed by atoms with E-state index in [4.69, 9.17) is 0 Å². The topological polar surface area (TPSA) is 49.3 Å². The van der Waals surface area contributed by atoms with E-state index in [9.17, 15) is 9.90 Å². The average molecular weight is 326 g/mol. The van der Waals surface area contributed by atoms with Crippen molar-refractivity contribution in [2.45, 2.75) is 45.1 Å². The predicted octanol–water partition coefficient (Wildman–Crippen LogP) is 4.28. The van der Waals surface area contributed by atoms with Crippen LogP contribution in [0.15, 0.2) is 28.7 Å². The maximum absolute atomic E-state index is 11.7. The molecule has 1 aromatic rings. The summed E-state index contributed by atoms with van der Waals surface area (Å²) in [6.07, 6.45) is 3.18. The quantitative estimate of drug-likeness (QED) is 0.871. The molecule has 0 amide bonds. The first-order chi connectivity index (χ1) is 8.85. The summed E-state index contributed by atoms with van der Waals surface area (Å²) in [5.74, 6) is -0.751. The van der Waals surface area contributed by atoms with Crippen molar-refractivity contribution in [3.05, 3.63) is 28.7 Å². The number of benzene rings is 1. The molecule has 19 heavy (non-hydrogen) atoms. The molecular weight excluding hydrogens is 306 g/mol. The fourth-order valence-electron chi connectivity index (χ4n) is 2.57. The van der Waals surface area contributed by atoms with Crippen LogP contribution in [0, 0.1) is 5.41 Å². The van der Waals surface area contributed by atoms with Gasteiger partial charge in [0.25, 0.3) is 0 Å². The molecule has 0 aliphatic heterocycles. The number of aliphatic carboxylic acids is 1. The van der Waals surface area contributed by atoms with Gasteiger partial charge in [-0.05, 0) is 59.2 Å². The normalized spacial score (nSPS) is 20.8. The first-order valence-electron chi connectivity index (χ1n) is 6.61. The van der Waals surface area contributed by atoms with Crippen LogP contribution in [-0.4, -0.2) is 16.6 Å². The van der Waals surface area contributed by atoms with Crippen molar-refractivity contribution in [1.82, 2.24) is 0 Å². The zero-order valence-electron chi connectivity index (χ0n) is 11.4. The summed E-state index contributed by atoms with van der Waals surface area (Å²) in [4.78, 5) is 11.7. The van der Waals surface area contributed by atoms with Gasteiger partial charge in [-0.2, -0.15) is 0 Å². The van der Waals surface area contributed by atoms with Crippen LogP contribution in [0.25, 0.3) is 0 Å². The second-order valence-corrected chi connectivity index (χ2v) is 7.01. The number of hydrogen-bond donors (Lipinski definition) is 2. The molecule has 2 N–H and O–H groups in total. The third-order valence-corrected chi connectivity index (χ3v) is 4.81. The number of nitrogens with one attached hydrogen (secondary N) is 1. The number of carboxylic acids is 1. The second-order valence-electron chi connectivity index (χ2n) is 6.16. The average Bonchev–Trinajstić information content (AvgIpc) is 2.34. The van der Waals surface area contributed by atoms with Crippen LogP contribution in [0.3, 0.4) is 0 Å². The Bertz CT molecular complexity index is 475. The van der Waals surface area contributed by atoms with Gasteiger partial charge in [-0.25, -0.2) is 4.79 Å². The van der Waals surface area contributed by atoms with Gasteiger partial charge in [0, 0.05) is 10.2 Å². The van der Waals surface area contributed by atoms with Crippen molar-refractivity contribution < 1.29 is 9.90 Å². The molecule has 1 fully saturated rings. The number of halogens is 1. The minimum absolute atomic E-state index is 0.245. The SMILES string of the molecule is CC1(C)CCC(Nc2ccccc2Br)(C(=O)O)CC1. The highest BCUT2D eigenvalue weighted by atomic mass is 79.9. The lowest BCUT2D eigenvalue weighted by Gasteiger charge is -2.41. The first kappa shape index (κ1) is 14.4. The maximum atomic E-state index is 11.7. The molecule has 1 aliphatic rings. The molecule has 0 heterocycles. The number of carbonyl (C=O) groups is 1. The van der Waals surface area contributed by atoms with Crippen molar-refractivity contribution in [1.29, 1.82) is 0 Å². The van der Waals surface area contributed by atoms with Crippen molar-refractivity contribution in [3.63, 3.8) is 0 Å². The van der Waals surface area contributed by atoms with E-state index in [1.165, 1.54) is 0 Å². The molecule has 1 aliphatic carbocycles. The lowest BCUT2D eigenvalue weighted by molar-refractivity contribution is -0.144. The second kappa shape index (κ2) is 5.16. The van der Waals surface area contributed by atoms with E-state index in [0.717, 1.165) is 23.0 Å². The molecule has 4 heteroatoms. The van der Waals surface area contributed by atoms with Crippen molar-refractivity contribution in [3.8, 4) is 0 Å². The minimum atomic E-state index is -0.834. The molecule has 0 aromatic heterocycles. The summed E-state index contributed by atoms with van der Waals surface area (Å²) >= 11 is 3.46. The van der Waals surface area contributed by atoms with Crippen molar-refractivity contribution in [2.24, 2.45) is 5.41 Å². The van der Waals surface area contributed by atoms with E-state index in [1.807, 2.05) is 24.3 Å². The Kier molecular flexibility index (Phi) is 3.90. The van der Waals surface area contributed by atoms with Gasteiger partial charge >= 0.3 is 5.97 Å². The van der Waals surface area contributed by atoms with Crippen LogP contribution in [-0.2, 0) is 4.79 Å². The monoisotopic (exact) mass is 325 g/mol. The minimum Gasteiger partial charge on any atom is -0.480 e. The molecule has 3 nitrogen and oxygen atoms in total. The maximum Gasteiger partial charge on any atom is 0.329 e. The fraction of sp³-hybridized carbons (Fsp3) is 0.533. The first-order valence-corrected chi connectivity index (χ1v) is 7.40. The van der Waals surface area contributed by atoms with Crippen LogP contribution in [0.1, 0.15) is 39.5 Å². The van der Waals surface area contributed by atoms with Gasteiger partial charge in [0.05, 0.1) is 0 Å². The number of para-hydroxylation sites is 1. The molecular formula is C15H20BrNO2. The van der Waals surface area contributed by atoms with E-state index < -0.39 is 11.5 Å². The summed E-state index contributed by atoms with van der Waals surface area (Å²) in [6, 6.07) is 7.67. The van der Waals surface area contributed by atoms with Gasteiger partial charge in [-0.3, -0.25) is 0 Å². The molecule has 0 bridgehead atoms. The van der Waals surface area contributed by atoms with E-state index in [2.05, 4.69) is 35.1 Å². The van der Waals surface area contributed by atoms with Crippen molar-refractivity contribution in [2.75, 3.05) is 5.32 Å². The van der Waals surface area contributed by atoms with E-state index >= 15 is 0 Å². The fourth-order valence-corrected chi connectivity index (χ4v) is 2.95. The number of anilines is 1. The molecule has 1 aromatic carbocycles. The third kappa shape index (κ3) is 3.11. The largest absolute Gasteiger partial charge is 0.480 e. The number of rotatable bonds is 3. The zero-order valence-corrected chi connectivity index (χ0v) is 13.0. The molecule has 104 valence electrons. The van der Waals surface area contributed by atoms with Gasteiger partial charge in [0.2, 0.25) is 0 Å². The zero-order chi connectivity index (χ0) is 14.1. The van der Waals surface area contributed by atoms with Crippen molar-refractivity contribution >= 4 is 27.6 Å². The Hall–Kier alpha value is -1.03. The summed E-state index contributed by atoms with van der Waals surface area (Å²) in [7, 11) is 0. The molecule has 0 unspecified atom stereocenters. The van der Waals surface area contributed by atoms with Gasteiger partial charge < -0.3 is 10.4 Å². The Morgan fingerprint density at radius 3 is 2.32 bits per heavy atom. The molecule has 1 saturated carbocycles. The highest BCUT2D eigenvalue weighted by Crippen LogP contribution is 2.42. The van der Waals surface area contributed by atoms with E-state index in [0.29, 0.717) is 12.8 Å². The summed E-state index contributed by atoms with van der Waals surface area (Å²) < 4.78 is 0.903. The summed E-state index contributed by atoms with van der Waals surface area (Å²) in [6.45, 7) is 4.41. The number of carboxylic acid groups (broad SMARTS) is 1. The van der Waals surface area contributed by atoms with Crippen LogP contribution >= 0.6 is 15.9 Å². The molecule has 2 rings (SSSR count). The Morgan fingerprint density at radius 1 is 1.21 bits per heavy atom. The Labute approximate surface area is 122 Å². The van der Waals surface area contributed by atoms with Crippen LogP contribution in [0.5, 0.6) is 0 Å². The highest BCUT2D eigenvalue weighted by Gasteiger charge is 2.44. The molecule has 0 atom stereocenters. The smallest absolute Gasteiger partial charge is 0.329 e. The highest BCUT2D eigenvalue weighted by molar-refractivity contribution is 9.10. The van der Waals surface area contributed by atoms with Gasteiger partial charge in [-0.15, -0.1) is 0 Å². The van der Waals surface area contributed by atoms with E-state index in [1.54, 1.807) is 0 Å². The lowest BCUT2D eigenvalue weighted by Crippen LogP contribution is -2.50. The third-order valence-electron chi connectivity index (χ3n) is 4.11. The van der Waals surface area contributed by atoms with Gasteiger partial charge in [0.15, 0.2) is 0 Å². The van der Waals surface area contributed by atoms with Gasteiger partial charge in [-0.1, -0.05) is 26.0 Å². The summed E-state index contributed by atoms with van der Waals surface area (Å²) in [5, 5.41) is 12.9. The summed E-state index contributed by atoms with van der Waals surface area (Å²) in [5.41, 5.74) is 0.262. The van der Waals surface area contributed by atoms with Gasteiger partial charge in [0.1, 0.15) is 5.54 Å². The van der Waals surface area contributed by atoms with Crippen LogP contribution in [0.2, 0.25) is 0 Å². The molecule has 0 radical (unpaired) electrons. The van der Waals surface area contributed by atoms with E-state index in [-0.39, 0.29) is 5.41 Å². The number of hydrogen-bond acceptors (Lipinski definition) is 2. The Balaban J connectivity index is 2.23. The van der Waals surface area contributed by atoms with Crippen LogP contribution < -0.4 is 5.32 Å². The lowest BCUT2D eigenvalue weighted by atomic mass is 9.69. The standard InChI is InChI=1S/C15H20BrNO2/c1-14(2)7-9-15(10-8-14,13(18)19)17-12-6-4-3-5-11(12)16/h3-6,17H,7-10H2,1-2H3,(H,18,19). The molecule has 0 spiro atoms. The molecule has 0 saturated heterocycles. The predicted molar refractivity (Wildman–Crippen MR) is 80.4 cm³/mol. The van der Waals surface area contributed by atoms with Crippen LogP contribution in [0.4, 0.5) is 5.69 Å².